The van der Waals surface area contributed by atoms with E-state index in [-0.39, 0.29) is 104 Å². The molecule has 0 heterocycles. The molecule has 0 rings (SSSR count). The number of carbonyl (C=O) groups is 11. The van der Waals surface area contributed by atoms with Gasteiger partial charge in [0.15, 0.2) is 5.78 Å². The van der Waals surface area contributed by atoms with Crippen molar-refractivity contribution in [3.8, 4) is 0 Å². The van der Waals surface area contributed by atoms with Crippen molar-refractivity contribution in [2.75, 3.05) is 65.9 Å². The number of ketones is 2. The van der Waals surface area contributed by atoms with Crippen LogP contribution in [0.15, 0.2) is 0 Å². The van der Waals surface area contributed by atoms with Gasteiger partial charge >= 0.3 is 29.8 Å². The second-order valence-electron chi connectivity index (χ2n) is 19.8. The summed E-state index contributed by atoms with van der Waals surface area (Å²) < 4.78 is 20.7. The van der Waals surface area contributed by atoms with Crippen LogP contribution in [0.4, 0.5) is 0 Å². The third kappa shape index (κ3) is 50.6. The first kappa shape index (κ1) is 76.5. The number of aliphatic carboxylic acids is 5. The minimum Gasteiger partial charge on any atom is -0.481 e. The molecule has 0 aromatic rings. The highest BCUT2D eigenvalue weighted by Gasteiger charge is 2.26. The lowest BCUT2D eigenvalue weighted by Crippen LogP contribution is -2.42. The molecule has 0 saturated heterocycles. The maximum absolute atomic E-state index is 12.3. The van der Waals surface area contributed by atoms with Crippen LogP contribution in [-0.2, 0) is 71.7 Å². The zero-order valence-corrected chi connectivity index (χ0v) is 48.0. The summed E-state index contributed by atoms with van der Waals surface area (Å²) in [6.07, 6.45) is 18.2. The van der Waals surface area contributed by atoms with E-state index in [4.69, 9.17) is 29.2 Å². The fourth-order valence-corrected chi connectivity index (χ4v) is 7.83. The molecule has 0 aliphatic carbocycles. The van der Waals surface area contributed by atoms with Gasteiger partial charge in [-0.3, -0.25) is 43.2 Å². The number of carboxylic acids is 5. The molecule has 0 saturated carbocycles. The topological polar surface area (TPSA) is 374 Å². The van der Waals surface area contributed by atoms with Gasteiger partial charge in [0.1, 0.15) is 31.1 Å². The van der Waals surface area contributed by atoms with Crippen molar-refractivity contribution in [1.82, 2.24) is 21.3 Å². The van der Waals surface area contributed by atoms with E-state index in [2.05, 4.69) is 21.3 Å². The van der Waals surface area contributed by atoms with E-state index in [1.165, 1.54) is 51.4 Å². The Kier molecular flexibility index (Phi) is 50.4. The largest absolute Gasteiger partial charge is 0.481 e. The molecule has 80 heavy (non-hydrogen) atoms. The smallest absolute Gasteiger partial charge is 0.326 e. The van der Waals surface area contributed by atoms with Gasteiger partial charge in [0, 0.05) is 66.1 Å². The highest BCUT2D eigenvalue weighted by Crippen LogP contribution is 2.16. The number of Topliss-reactive ketones (excluding diaryl/α,β-unsaturated/α-hetero) is 2. The Morgan fingerprint density at radius 3 is 1.39 bits per heavy atom. The summed E-state index contributed by atoms with van der Waals surface area (Å²) >= 11 is 0. The lowest BCUT2D eigenvalue weighted by Gasteiger charge is -2.16. The minimum atomic E-state index is -1.37. The number of ether oxygens (including phenoxy) is 4. The normalized spacial score (nSPS) is 12.4. The molecule has 0 spiro atoms. The van der Waals surface area contributed by atoms with E-state index >= 15 is 0 Å². The number of amides is 4. The van der Waals surface area contributed by atoms with E-state index in [0.29, 0.717) is 64.9 Å². The molecular weight excluding hydrogens is 1050 g/mol. The highest BCUT2D eigenvalue weighted by atomic mass is 16.5. The van der Waals surface area contributed by atoms with Gasteiger partial charge in [-0.05, 0) is 58.3 Å². The van der Waals surface area contributed by atoms with Crippen molar-refractivity contribution in [2.45, 2.75) is 213 Å². The van der Waals surface area contributed by atoms with Crippen LogP contribution in [0.25, 0.3) is 0 Å². The molecule has 0 fully saturated rings. The van der Waals surface area contributed by atoms with Crippen molar-refractivity contribution in [2.24, 2.45) is 11.8 Å². The molecule has 24 heteroatoms. The zero-order valence-electron chi connectivity index (χ0n) is 48.0. The lowest BCUT2D eigenvalue weighted by atomic mass is 9.97. The Labute approximate surface area is 474 Å². The number of carbonyl (C=O) groups excluding carboxylic acids is 6. The second-order valence-corrected chi connectivity index (χ2v) is 19.8. The van der Waals surface area contributed by atoms with Gasteiger partial charge in [-0.15, -0.1) is 0 Å². The first-order valence-corrected chi connectivity index (χ1v) is 28.8. The maximum Gasteiger partial charge on any atom is 0.326 e. The van der Waals surface area contributed by atoms with Crippen LogP contribution < -0.4 is 21.3 Å². The predicted octanol–water partition coefficient (Wildman–Crippen LogP) is 6.26. The molecule has 0 aliphatic heterocycles. The van der Waals surface area contributed by atoms with Crippen LogP contribution in [0.5, 0.6) is 0 Å². The average molecular weight is 1150 g/mol. The van der Waals surface area contributed by atoms with Crippen molar-refractivity contribution in [3.63, 3.8) is 0 Å². The molecule has 0 aromatic carbocycles. The van der Waals surface area contributed by atoms with Crippen LogP contribution in [0.3, 0.4) is 0 Å². The van der Waals surface area contributed by atoms with Gasteiger partial charge in [-0.2, -0.15) is 0 Å². The molecule has 4 atom stereocenters. The van der Waals surface area contributed by atoms with Crippen molar-refractivity contribution < 1.29 is 98.6 Å². The number of hydrogen-bond donors (Lipinski definition) is 9. The fraction of sp³-hybridized carbons (Fsp3) is 0.804. The summed E-state index contributed by atoms with van der Waals surface area (Å²) in [7, 11) is 0. The Balaban J connectivity index is -0.00000158. The Morgan fingerprint density at radius 1 is 0.400 bits per heavy atom. The number of carboxylic acid groups (broad SMARTS) is 5. The van der Waals surface area contributed by atoms with Gasteiger partial charge in [-0.1, -0.05) is 97.3 Å². The summed E-state index contributed by atoms with van der Waals surface area (Å²) in [6.45, 7) is 7.15. The van der Waals surface area contributed by atoms with Crippen LogP contribution in [0, 0.1) is 11.8 Å². The molecule has 464 valence electrons. The average Bonchev–Trinajstić information content (AvgIpc) is 3.40. The first-order chi connectivity index (χ1) is 38.2. The van der Waals surface area contributed by atoms with Gasteiger partial charge in [0.2, 0.25) is 23.6 Å². The van der Waals surface area contributed by atoms with E-state index in [0.717, 1.165) is 44.9 Å². The number of rotatable bonds is 55. The number of hydrogen-bond acceptors (Lipinski definition) is 15. The third-order valence-electron chi connectivity index (χ3n) is 12.6. The Morgan fingerprint density at radius 2 is 0.875 bits per heavy atom. The third-order valence-corrected chi connectivity index (χ3v) is 12.6. The maximum atomic E-state index is 12.3. The monoisotopic (exact) mass is 1150 g/mol. The minimum absolute atomic E-state index is 0. The Hall–Kier alpha value is -5.59. The zero-order chi connectivity index (χ0) is 60.2. The van der Waals surface area contributed by atoms with Crippen molar-refractivity contribution in [3.05, 3.63) is 0 Å². The van der Waals surface area contributed by atoms with E-state index in [1.807, 2.05) is 13.8 Å². The summed E-state index contributed by atoms with van der Waals surface area (Å²) in [4.78, 5) is 127. The first-order valence-electron chi connectivity index (χ1n) is 28.8. The molecule has 0 aliphatic rings. The second kappa shape index (κ2) is 52.8. The standard InChI is InChI=1S/C30H51N3O14.C26H47NO6.H2/c1-3-44-14-16-47-20-27(37)32-12-13-45-15-17-46-19-23(34)18-22(29(40)41)7-9-26(36)33-24(30(42)43)8-10-25(35)31-11-5-4-6-21(2)28(38)39;1-2-17-22(28)20-21-23(26(32)33)27-24(29)18-15-13-11-9-7-5-3-4-6-8-10-12-14-16-19-25(30)31;/h21-22,24H,3-20H2,1-2H3,(H,31,35)(H,32,37)(H,33,36)(H,38,39)(H,40,41)(H,42,43);23H,2-21H2,1H3,(H,27,29)(H,30,31)(H,32,33);1H/t21-,22+,24-;23-;/m00./s1. The highest BCUT2D eigenvalue weighted by molar-refractivity contribution is 5.87. The summed E-state index contributed by atoms with van der Waals surface area (Å²) in [5, 5.41) is 55.6. The van der Waals surface area contributed by atoms with E-state index in [1.54, 1.807) is 6.92 Å². The van der Waals surface area contributed by atoms with Gasteiger partial charge in [-0.25, -0.2) is 9.59 Å². The molecule has 0 unspecified atom stereocenters. The van der Waals surface area contributed by atoms with Crippen molar-refractivity contribution >= 4 is 65.0 Å². The molecule has 0 bridgehead atoms. The molecule has 4 amide bonds. The predicted molar refractivity (Wildman–Crippen MR) is 297 cm³/mol. The molecular formula is C56H100N4O20. The van der Waals surface area contributed by atoms with E-state index < -0.39 is 71.4 Å². The SMILES string of the molecule is CCCC(=O)CC[C@H](NC(=O)CCCCCCCCCCCCCCCCC(=O)O)C(=O)O.CCOCCOCC(=O)NCCOCCOCC(=O)C[C@@H](CCC(=O)N[C@@H](CCC(=O)NCCCC[C@H](C)C(=O)O)C(=O)O)C(=O)O.[HH]. The summed E-state index contributed by atoms with van der Waals surface area (Å²) in [5.74, 6) is -9.14. The fourth-order valence-electron chi connectivity index (χ4n) is 7.83. The molecule has 24 nitrogen and oxygen atoms in total. The summed E-state index contributed by atoms with van der Waals surface area (Å²) in [5.41, 5.74) is 0. The van der Waals surface area contributed by atoms with Gasteiger partial charge in [0.25, 0.3) is 0 Å². The quantitative estimate of drug-likeness (QED) is 0.0303. The van der Waals surface area contributed by atoms with Crippen LogP contribution in [0.1, 0.15) is 202 Å². The van der Waals surface area contributed by atoms with E-state index in [9.17, 15) is 68.1 Å². The van der Waals surface area contributed by atoms with Crippen molar-refractivity contribution in [1.29, 1.82) is 0 Å². The lowest BCUT2D eigenvalue weighted by molar-refractivity contribution is -0.145. The van der Waals surface area contributed by atoms with Gasteiger partial charge in [0.05, 0.1) is 44.9 Å². The number of unbranched alkanes of at least 4 members (excludes halogenated alkanes) is 14. The van der Waals surface area contributed by atoms with Crippen LogP contribution >= 0.6 is 0 Å². The summed E-state index contributed by atoms with van der Waals surface area (Å²) in [6, 6.07) is -2.35. The van der Waals surface area contributed by atoms with Crippen LogP contribution in [0.2, 0.25) is 0 Å². The van der Waals surface area contributed by atoms with Gasteiger partial charge < -0.3 is 65.7 Å². The molecule has 0 radical (unpaired) electrons. The molecule has 0 aromatic heterocycles. The molecule has 9 N–H and O–H groups in total. The number of nitrogens with one attached hydrogen (secondary N) is 4. The Bertz CT molecular complexity index is 1770. The van der Waals surface area contributed by atoms with Crippen LogP contribution in [-0.4, -0.2) is 169 Å².